The fourth-order valence-electron chi connectivity index (χ4n) is 1.69. The average molecular weight is 223 g/mol. The van der Waals surface area contributed by atoms with Gasteiger partial charge in [0.15, 0.2) is 5.65 Å². The van der Waals surface area contributed by atoms with Crippen LogP contribution < -0.4 is 4.74 Å². The number of H-pyrrole nitrogens is 1. The molecule has 0 spiro atoms. The highest BCUT2D eigenvalue weighted by Gasteiger charge is 2.16. The van der Waals surface area contributed by atoms with Crippen molar-refractivity contribution in [2.45, 2.75) is 18.7 Å². The van der Waals surface area contributed by atoms with Crippen LogP contribution in [-0.4, -0.2) is 28.5 Å². The summed E-state index contributed by atoms with van der Waals surface area (Å²) in [5.74, 6) is 0.872. The van der Waals surface area contributed by atoms with Gasteiger partial charge in [-0.1, -0.05) is 0 Å². The molecule has 0 aliphatic carbocycles. The summed E-state index contributed by atoms with van der Waals surface area (Å²) in [6.45, 7) is 3.94. The number of ether oxygens (including phenoxy) is 1. The minimum absolute atomic E-state index is 0.722. The number of hydrogen-bond donors (Lipinski definition) is 1. The largest absolute Gasteiger partial charge is 0.495 e. The van der Waals surface area contributed by atoms with E-state index in [0.29, 0.717) is 0 Å². The Morgan fingerprint density at radius 1 is 1.33 bits per heavy atom. The van der Waals surface area contributed by atoms with Crippen molar-refractivity contribution in [2.75, 3.05) is 13.4 Å². The van der Waals surface area contributed by atoms with Crippen LogP contribution in [0.3, 0.4) is 0 Å². The molecule has 0 amide bonds. The summed E-state index contributed by atoms with van der Waals surface area (Å²) in [4.78, 5) is 5.51. The fraction of sp³-hybridized carbons (Fsp3) is 0.400. The molecular formula is C10H13N3OS. The Bertz CT molecular complexity index is 507. The molecule has 0 unspecified atom stereocenters. The van der Waals surface area contributed by atoms with Crippen LogP contribution in [0.4, 0.5) is 0 Å². The molecule has 0 saturated carbocycles. The van der Waals surface area contributed by atoms with Crippen molar-refractivity contribution < 1.29 is 4.74 Å². The molecule has 1 N–H and O–H groups in total. The third kappa shape index (κ3) is 1.47. The Balaban J connectivity index is 2.88. The number of thioether (sulfide) groups is 1. The first kappa shape index (κ1) is 10.3. The second-order valence-corrected chi connectivity index (χ2v) is 4.13. The molecule has 0 aromatic carbocycles. The molecule has 0 atom stereocenters. The SMILES string of the molecule is COc1c(SC)c(C)nc2n[nH]c(C)c12. The molecule has 0 saturated heterocycles. The van der Waals surface area contributed by atoms with E-state index >= 15 is 0 Å². The van der Waals surface area contributed by atoms with E-state index in [1.165, 1.54) is 0 Å². The topological polar surface area (TPSA) is 50.8 Å². The van der Waals surface area contributed by atoms with Crippen LogP contribution in [0.5, 0.6) is 5.75 Å². The third-order valence-corrected chi connectivity index (χ3v) is 3.26. The van der Waals surface area contributed by atoms with E-state index in [1.807, 2.05) is 20.1 Å². The van der Waals surface area contributed by atoms with Crippen LogP contribution in [0.2, 0.25) is 0 Å². The summed E-state index contributed by atoms with van der Waals surface area (Å²) in [6.07, 6.45) is 2.02. The van der Waals surface area contributed by atoms with Gasteiger partial charge in [-0.3, -0.25) is 5.10 Å². The number of aryl methyl sites for hydroxylation is 2. The number of fused-ring (bicyclic) bond motifs is 1. The van der Waals surface area contributed by atoms with Crippen LogP contribution in [-0.2, 0) is 0 Å². The van der Waals surface area contributed by atoms with Gasteiger partial charge in [-0.05, 0) is 20.1 Å². The maximum absolute atomic E-state index is 5.45. The lowest BCUT2D eigenvalue weighted by atomic mass is 10.2. The standard InChI is InChI=1S/C10H13N3OS/c1-5-7-8(14-3)9(15-4)6(2)11-10(7)13-12-5/h1-4H3,(H,11,12,13). The zero-order valence-corrected chi connectivity index (χ0v) is 10.0. The van der Waals surface area contributed by atoms with Gasteiger partial charge in [0.1, 0.15) is 5.75 Å². The molecule has 0 aliphatic rings. The maximum Gasteiger partial charge on any atom is 0.185 e. The molecule has 4 nitrogen and oxygen atoms in total. The van der Waals surface area contributed by atoms with Crippen molar-refractivity contribution in [3.63, 3.8) is 0 Å². The molecule has 15 heavy (non-hydrogen) atoms. The van der Waals surface area contributed by atoms with Crippen LogP contribution in [0.15, 0.2) is 4.90 Å². The smallest absolute Gasteiger partial charge is 0.185 e. The highest BCUT2D eigenvalue weighted by Crippen LogP contribution is 2.36. The third-order valence-electron chi connectivity index (χ3n) is 2.37. The number of pyridine rings is 1. The highest BCUT2D eigenvalue weighted by molar-refractivity contribution is 7.98. The van der Waals surface area contributed by atoms with Crippen molar-refractivity contribution in [1.82, 2.24) is 15.2 Å². The molecular weight excluding hydrogens is 210 g/mol. The van der Waals surface area contributed by atoms with Crippen molar-refractivity contribution in [2.24, 2.45) is 0 Å². The van der Waals surface area contributed by atoms with Gasteiger partial charge in [0.25, 0.3) is 0 Å². The lowest BCUT2D eigenvalue weighted by Gasteiger charge is -2.09. The number of hydrogen-bond acceptors (Lipinski definition) is 4. The molecule has 0 aliphatic heterocycles. The molecule has 2 heterocycles. The first-order chi connectivity index (χ1) is 7.19. The lowest BCUT2D eigenvalue weighted by Crippen LogP contribution is -1.94. The van der Waals surface area contributed by atoms with Crippen molar-refractivity contribution in [3.8, 4) is 5.75 Å². The van der Waals surface area contributed by atoms with E-state index in [9.17, 15) is 0 Å². The summed E-state index contributed by atoms with van der Waals surface area (Å²) >= 11 is 1.64. The Morgan fingerprint density at radius 2 is 2.07 bits per heavy atom. The number of nitrogens with zero attached hydrogens (tertiary/aromatic N) is 2. The second kappa shape index (κ2) is 3.73. The van der Waals surface area contributed by atoms with E-state index in [0.717, 1.165) is 33.1 Å². The fourth-order valence-corrected chi connectivity index (χ4v) is 2.40. The van der Waals surface area contributed by atoms with E-state index in [-0.39, 0.29) is 0 Å². The van der Waals surface area contributed by atoms with Gasteiger partial charge in [0, 0.05) is 5.69 Å². The van der Waals surface area contributed by atoms with Crippen molar-refractivity contribution in [1.29, 1.82) is 0 Å². The second-order valence-electron chi connectivity index (χ2n) is 3.31. The summed E-state index contributed by atoms with van der Waals surface area (Å²) in [6, 6.07) is 0. The maximum atomic E-state index is 5.45. The molecule has 2 rings (SSSR count). The minimum atomic E-state index is 0.722. The molecule has 80 valence electrons. The lowest BCUT2D eigenvalue weighted by molar-refractivity contribution is 0.408. The quantitative estimate of drug-likeness (QED) is 0.794. The Kier molecular flexibility index (Phi) is 2.56. The summed E-state index contributed by atoms with van der Waals surface area (Å²) < 4.78 is 5.45. The molecule has 2 aromatic heterocycles. The number of rotatable bonds is 2. The van der Waals surface area contributed by atoms with Crippen molar-refractivity contribution >= 4 is 22.8 Å². The van der Waals surface area contributed by atoms with Gasteiger partial charge < -0.3 is 4.74 Å². The number of aromatic amines is 1. The highest BCUT2D eigenvalue weighted by atomic mass is 32.2. The summed E-state index contributed by atoms with van der Waals surface area (Å²) in [5, 5.41) is 8.04. The van der Waals surface area contributed by atoms with E-state index in [2.05, 4.69) is 15.2 Å². The van der Waals surface area contributed by atoms with E-state index in [4.69, 9.17) is 4.74 Å². The monoisotopic (exact) mass is 223 g/mol. The van der Waals surface area contributed by atoms with Crippen LogP contribution in [0.25, 0.3) is 11.0 Å². The van der Waals surface area contributed by atoms with Gasteiger partial charge >= 0.3 is 0 Å². The molecule has 2 aromatic rings. The first-order valence-corrected chi connectivity index (χ1v) is 5.84. The van der Waals surface area contributed by atoms with Crippen LogP contribution in [0, 0.1) is 13.8 Å². The summed E-state index contributed by atoms with van der Waals surface area (Å²) in [5.41, 5.74) is 2.67. The van der Waals surface area contributed by atoms with Crippen molar-refractivity contribution in [3.05, 3.63) is 11.4 Å². The molecule has 5 heteroatoms. The normalized spacial score (nSPS) is 10.9. The number of nitrogens with one attached hydrogen (secondary N) is 1. The van der Waals surface area contributed by atoms with E-state index in [1.54, 1.807) is 18.9 Å². The van der Waals surface area contributed by atoms with Gasteiger partial charge in [-0.2, -0.15) is 5.10 Å². The van der Waals surface area contributed by atoms with E-state index < -0.39 is 0 Å². The van der Waals surface area contributed by atoms with Gasteiger partial charge in [0.2, 0.25) is 0 Å². The predicted octanol–water partition coefficient (Wildman–Crippen LogP) is 2.31. The zero-order chi connectivity index (χ0) is 11.0. The zero-order valence-electron chi connectivity index (χ0n) is 9.21. The minimum Gasteiger partial charge on any atom is -0.495 e. The first-order valence-electron chi connectivity index (χ1n) is 4.62. The Labute approximate surface area is 92.4 Å². The molecule has 0 radical (unpaired) electrons. The molecule has 0 fully saturated rings. The Morgan fingerprint density at radius 3 is 2.67 bits per heavy atom. The van der Waals surface area contributed by atoms with Crippen LogP contribution >= 0.6 is 11.8 Å². The van der Waals surface area contributed by atoms with Gasteiger partial charge in [-0.25, -0.2) is 4.98 Å². The average Bonchev–Trinajstić information content (AvgIpc) is 2.58. The van der Waals surface area contributed by atoms with Crippen LogP contribution in [0.1, 0.15) is 11.4 Å². The number of aromatic nitrogens is 3. The number of methoxy groups -OCH3 is 1. The van der Waals surface area contributed by atoms with Gasteiger partial charge in [0.05, 0.1) is 23.1 Å². The summed E-state index contributed by atoms with van der Waals surface area (Å²) in [7, 11) is 1.68. The molecule has 0 bridgehead atoms. The van der Waals surface area contributed by atoms with Gasteiger partial charge in [-0.15, -0.1) is 11.8 Å². The Hall–Kier alpha value is -1.23. The predicted molar refractivity (Wildman–Crippen MR) is 61.7 cm³/mol.